The zero-order valence-corrected chi connectivity index (χ0v) is 17.3. The Kier molecular flexibility index (Phi) is 7.83. The fourth-order valence-electron chi connectivity index (χ4n) is 2.86. The number of anilines is 1. The predicted molar refractivity (Wildman–Crippen MR) is 111 cm³/mol. The number of hydrogen-bond acceptors (Lipinski definition) is 4. The van der Waals surface area contributed by atoms with Crippen molar-refractivity contribution in [3.8, 4) is 0 Å². The number of hydrogen-bond donors (Lipinski definition) is 2. The molecule has 26 heavy (non-hydrogen) atoms. The number of nitrogens with one attached hydrogen (secondary N) is 2. The largest absolute Gasteiger partial charge is 0.320 e. The molecule has 1 aliphatic rings. The molecule has 1 amide bonds. The molecule has 0 spiro atoms. The normalized spacial score (nSPS) is 17.0. The molecule has 8 heteroatoms. The van der Waals surface area contributed by atoms with Crippen LogP contribution in [0.2, 0.25) is 5.02 Å². The third kappa shape index (κ3) is 5.39. The topological polar surface area (TPSA) is 59.0 Å². The molecule has 0 bridgehead atoms. The van der Waals surface area contributed by atoms with Gasteiger partial charge in [0.2, 0.25) is 0 Å². The highest BCUT2D eigenvalue weighted by Crippen LogP contribution is 2.32. The molecule has 2 heterocycles. The van der Waals surface area contributed by atoms with Crippen LogP contribution in [-0.4, -0.2) is 34.0 Å². The van der Waals surface area contributed by atoms with E-state index in [1.165, 1.54) is 0 Å². The average Bonchev–Trinajstić information content (AvgIpc) is 3.08. The second kappa shape index (κ2) is 9.65. The second-order valence-electron chi connectivity index (χ2n) is 6.44. The molecule has 1 fully saturated rings. The molecule has 1 aromatic carbocycles. The Bertz CT molecular complexity index is 745. The fraction of sp³-hybridized carbons (Fsp3) is 0.444. The van der Waals surface area contributed by atoms with Crippen LogP contribution >= 0.6 is 35.8 Å². The maximum atomic E-state index is 12.6. The van der Waals surface area contributed by atoms with E-state index in [2.05, 4.69) is 29.6 Å². The molecule has 5 nitrogen and oxygen atoms in total. The standard InChI is InChI=1S/C18H23ClN4OS.ClH/c1-12(2)25-17-6-5-13(19)10-16(17)21-18(24)15-7-9-23(22-15)14-4-3-8-20-11-14;/h5-7,9-10,12,14,20H,3-4,8,11H2,1-2H3,(H,21,24);1H. The lowest BCUT2D eigenvalue weighted by molar-refractivity contribution is 0.102. The van der Waals surface area contributed by atoms with Gasteiger partial charge in [0, 0.05) is 27.9 Å². The summed E-state index contributed by atoms with van der Waals surface area (Å²) < 4.78 is 1.89. The van der Waals surface area contributed by atoms with Crippen LogP contribution in [0.25, 0.3) is 0 Å². The molecular formula is C18H24Cl2N4OS. The van der Waals surface area contributed by atoms with Crippen molar-refractivity contribution >= 4 is 47.4 Å². The Hall–Kier alpha value is -1.21. The van der Waals surface area contributed by atoms with E-state index in [-0.39, 0.29) is 18.3 Å². The molecule has 1 aromatic heterocycles. The monoisotopic (exact) mass is 414 g/mol. The number of carbonyl (C=O) groups is 1. The Balaban J connectivity index is 0.00000243. The molecule has 0 saturated carbocycles. The van der Waals surface area contributed by atoms with Crippen molar-refractivity contribution in [2.24, 2.45) is 0 Å². The zero-order valence-electron chi connectivity index (χ0n) is 14.9. The number of nitrogens with zero attached hydrogens (tertiary/aromatic N) is 2. The van der Waals surface area contributed by atoms with Gasteiger partial charge in [-0.1, -0.05) is 25.4 Å². The highest BCUT2D eigenvalue weighted by atomic mass is 35.5. The van der Waals surface area contributed by atoms with Crippen LogP contribution in [-0.2, 0) is 0 Å². The molecule has 1 saturated heterocycles. The number of amides is 1. The van der Waals surface area contributed by atoms with Gasteiger partial charge in [-0.3, -0.25) is 9.48 Å². The molecule has 1 unspecified atom stereocenters. The Morgan fingerprint density at radius 1 is 1.42 bits per heavy atom. The summed E-state index contributed by atoms with van der Waals surface area (Å²) in [5.74, 6) is -0.213. The van der Waals surface area contributed by atoms with Crippen molar-refractivity contribution in [3.63, 3.8) is 0 Å². The quantitative estimate of drug-likeness (QED) is 0.699. The van der Waals surface area contributed by atoms with Gasteiger partial charge in [0.15, 0.2) is 5.69 Å². The molecular weight excluding hydrogens is 391 g/mol. The van der Waals surface area contributed by atoms with E-state index in [0.717, 1.165) is 36.5 Å². The van der Waals surface area contributed by atoms with Crippen molar-refractivity contribution in [2.75, 3.05) is 18.4 Å². The van der Waals surface area contributed by atoms with Crippen LogP contribution < -0.4 is 10.6 Å². The van der Waals surface area contributed by atoms with Crippen LogP contribution in [0.4, 0.5) is 5.69 Å². The number of aromatic nitrogens is 2. The fourth-order valence-corrected chi connectivity index (χ4v) is 3.93. The van der Waals surface area contributed by atoms with Crippen molar-refractivity contribution < 1.29 is 4.79 Å². The van der Waals surface area contributed by atoms with E-state index in [4.69, 9.17) is 11.6 Å². The summed E-state index contributed by atoms with van der Waals surface area (Å²) in [5, 5.41) is 11.8. The summed E-state index contributed by atoms with van der Waals surface area (Å²) >= 11 is 7.79. The molecule has 142 valence electrons. The van der Waals surface area contributed by atoms with E-state index in [1.54, 1.807) is 23.9 Å². The number of rotatable bonds is 5. The van der Waals surface area contributed by atoms with E-state index >= 15 is 0 Å². The molecule has 3 rings (SSSR count). The minimum Gasteiger partial charge on any atom is -0.320 e. The van der Waals surface area contributed by atoms with E-state index in [1.807, 2.05) is 23.0 Å². The Morgan fingerprint density at radius 3 is 2.92 bits per heavy atom. The van der Waals surface area contributed by atoms with Gasteiger partial charge >= 0.3 is 0 Å². The average molecular weight is 415 g/mol. The Morgan fingerprint density at radius 2 is 2.23 bits per heavy atom. The van der Waals surface area contributed by atoms with Crippen LogP contribution in [0.15, 0.2) is 35.4 Å². The number of benzene rings is 1. The third-order valence-corrected chi connectivity index (χ3v) is 5.35. The summed E-state index contributed by atoms with van der Waals surface area (Å²) in [7, 11) is 0. The van der Waals surface area contributed by atoms with Gasteiger partial charge in [-0.2, -0.15) is 5.10 Å². The second-order valence-corrected chi connectivity index (χ2v) is 8.50. The van der Waals surface area contributed by atoms with Gasteiger partial charge in [0.05, 0.1) is 11.7 Å². The van der Waals surface area contributed by atoms with E-state index < -0.39 is 0 Å². The molecule has 0 aliphatic carbocycles. The van der Waals surface area contributed by atoms with Gasteiger partial charge in [-0.25, -0.2) is 0 Å². The van der Waals surface area contributed by atoms with Gasteiger partial charge in [0.1, 0.15) is 0 Å². The number of halogens is 2. The first-order valence-corrected chi connectivity index (χ1v) is 9.82. The lowest BCUT2D eigenvalue weighted by Gasteiger charge is -2.22. The van der Waals surface area contributed by atoms with Crippen LogP contribution in [0, 0.1) is 0 Å². The maximum Gasteiger partial charge on any atom is 0.276 e. The van der Waals surface area contributed by atoms with Crippen molar-refractivity contribution in [1.29, 1.82) is 0 Å². The summed E-state index contributed by atoms with van der Waals surface area (Å²) in [6, 6.07) is 7.64. The van der Waals surface area contributed by atoms with Crippen molar-refractivity contribution in [3.05, 3.63) is 41.2 Å². The van der Waals surface area contributed by atoms with Crippen LogP contribution in [0.3, 0.4) is 0 Å². The molecule has 1 aliphatic heterocycles. The number of piperidine rings is 1. The van der Waals surface area contributed by atoms with Crippen molar-refractivity contribution in [1.82, 2.24) is 15.1 Å². The molecule has 0 radical (unpaired) electrons. The summed E-state index contributed by atoms with van der Waals surface area (Å²) in [6.07, 6.45) is 4.10. The van der Waals surface area contributed by atoms with Gasteiger partial charge < -0.3 is 10.6 Å². The minimum atomic E-state index is -0.213. The zero-order chi connectivity index (χ0) is 17.8. The first kappa shape index (κ1) is 21.1. The smallest absolute Gasteiger partial charge is 0.276 e. The molecule has 2 N–H and O–H groups in total. The minimum absolute atomic E-state index is 0. The predicted octanol–water partition coefficient (Wildman–Crippen LogP) is 4.64. The molecule has 1 atom stereocenters. The van der Waals surface area contributed by atoms with Crippen LogP contribution in [0.5, 0.6) is 0 Å². The van der Waals surface area contributed by atoms with Gasteiger partial charge in [-0.15, -0.1) is 24.2 Å². The first-order chi connectivity index (χ1) is 12.0. The Labute approximate surface area is 169 Å². The lowest BCUT2D eigenvalue weighted by atomic mass is 10.1. The van der Waals surface area contributed by atoms with Gasteiger partial charge in [-0.05, 0) is 43.7 Å². The number of carbonyl (C=O) groups excluding carboxylic acids is 1. The van der Waals surface area contributed by atoms with E-state index in [0.29, 0.717) is 22.0 Å². The lowest BCUT2D eigenvalue weighted by Crippen LogP contribution is -2.32. The third-order valence-electron chi connectivity index (χ3n) is 4.04. The maximum absolute atomic E-state index is 12.6. The number of thioether (sulfide) groups is 1. The highest BCUT2D eigenvalue weighted by molar-refractivity contribution is 8.00. The van der Waals surface area contributed by atoms with E-state index in [9.17, 15) is 4.79 Å². The van der Waals surface area contributed by atoms with Crippen molar-refractivity contribution in [2.45, 2.75) is 42.9 Å². The summed E-state index contributed by atoms with van der Waals surface area (Å²) in [4.78, 5) is 13.6. The first-order valence-electron chi connectivity index (χ1n) is 8.56. The molecule has 2 aromatic rings. The van der Waals surface area contributed by atoms with Crippen LogP contribution in [0.1, 0.15) is 43.2 Å². The van der Waals surface area contributed by atoms with Gasteiger partial charge in [0.25, 0.3) is 5.91 Å². The highest BCUT2D eigenvalue weighted by Gasteiger charge is 2.18. The summed E-state index contributed by atoms with van der Waals surface area (Å²) in [6.45, 7) is 6.18. The SMILES string of the molecule is CC(C)Sc1ccc(Cl)cc1NC(=O)c1ccn(C2CCCNC2)n1.Cl. The summed E-state index contributed by atoms with van der Waals surface area (Å²) in [5.41, 5.74) is 1.15.